The van der Waals surface area contributed by atoms with Crippen molar-refractivity contribution >= 4 is 0 Å². The smallest absolute Gasteiger partial charge is 0.161 e. The molecule has 3 rings (SSSR count). The molecule has 4 nitrogen and oxygen atoms in total. The number of methoxy groups -OCH3 is 2. The molecule has 0 aliphatic rings. The van der Waals surface area contributed by atoms with Crippen LogP contribution in [0.25, 0.3) is 0 Å². The molecule has 0 aliphatic heterocycles. The second-order valence-corrected chi connectivity index (χ2v) is 6.75. The van der Waals surface area contributed by atoms with Crippen molar-refractivity contribution in [2.45, 2.75) is 25.6 Å². The average Bonchev–Trinajstić information content (AvgIpc) is 2.77. The third kappa shape index (κ3) is 4.53. The van der Waals surface area contributed by atoms with Crippen molar-refractivity contribution in [2.24, 2.45) is 0 Å². The molecule has 0 heterocycles. The molecule has 0 saturated carbocycles. The Morgan fingerprint density at radius 2 is 1.46 bits per heavy atom. The van der Waals surface area contributed by atoms with Gasteiger partial charge in [0.25, 0.3) is 0 Å². The quantitative estimate of drug-likeness (QED) is 0.601. The van der Waals surface area contributed by atoms with E-state index >= 15 is 0 Å². The van der Waals surface area contributed by atoms with E-state index in [0.717, 1.165) is 16.7 Å². The standard InChI is InChI=1S/C24H27NO3/c1-17(19-9-5-4-6-10-19)25-24(20-11-7-8-18(14-20)16-26)21-12-13-22(27-2)23(15-21)28-3/h4-15,17,24-26H,16H2,1-3H3/t17-,24?/m1/s1. The summed E-state index contributed by atoms with van der Waals surface area (Å²) in [6, 6.07) is 24.4. The molecular weight excluding hydrogens is 350 g/mol. The van der Waals surface area contributed by atoms with E-state index in [4.69, 9.17) is 9.47 Å². The summed E-state index contributed by atoms with van der Waals surface area (Å²) in [6.45, 7) is 2.17. The van der Waals surface area contributed by atoms with Crippen molar-refractivity contribution in [1.29, 1.82) is 0 Å². The van der Waals surface area contributed by atoms with E-state index in [9.17, 15) is 5.11 Å². The number of aliphatic hydroxyl groups is 1. The van der Waals surface area contributed by atoms with Crippen LogP contribution in [-0.4, -0.2) is 19.3 Å². The van der Waals surface area contributed by atoms with Gasteiger partial charge in [-0.25, -0.2) is 0 Å². The Morgan fingerprint density at radius 1 is 0.786 bits per heavy atom. The van der Waals surface area contributed by atoms with Crippen molar-refractivity contribution in [3.8, 4) is 11.5 Å². The van der Waals surface area contributed by atoms with Gasteiger partial charge in [-0.1, -0.05) is 60.7 Å². The van der Waals surface area contributed by atoms with Crippen LogP contribution in [0, 0.1) is 0 Å². The number of ether oxygens (including phenoxy) is 2. The van der Waals surface area contributed by atoms with Crippen LogP contribution in [0.3, 0.4) is 0 Å². The number of nitrogens with one attached hydrogen (secondary N) is 1. The highest BCUT2D eigenvalue weighted by molar-refractivity contribution is 5.46. The summed E-state index contributed by atoms with van der Waals surface area (Å²) in [4.78, 5) is 0. The molecule has 0 amide bonds. The van der Waals surface area contributed by atoms with Crippen LogP contribution >= 0.6 is 0 Å². The first kappa shape index (κ1) is 19.9. The minimum absolute atomic E-state index is 0.0146. The number of rotatable bonds is 8. The summed E-state index contributed by atoms with van der Waals surface area (Å²) in [6.07, 6.45) is 0. The van der Waals surface area contributed by atoms with Crippen LogP contribution in [0.1, 0.15) is 41.3 Å². The lowest BCUT2D eigenvalue weighted by molar-refractivity contribution is 0.281. The van der Waals surface area contributed by atoms with Gasteiger partial charge >= 0.3 is 0 Å². The van der Waals surface area contributed by atoms with Crippen molar-refractivity contribution in [3.63, 3.8) is 0 Å². The Hall–Kier alpha value is -2.82. The predicted octanol–water partition coefficient (Wildman–Crippen LogP) is 4.64. The van der Waals surface area contributed by atoms with Crippen molar-refractivity contribution in [1.82, 2.24) is 5.32 Å². The minimum Gasteiger partial charge on any atom is -0.493 e. The third-order valence-corrected chi connectivity index (χ3v) is 4.92. The van der Waals surface area contributed by atoms with Gasteiger partial charge in [0.05, 0.1) is 26.9 Å². The summed E-state index contributed by atoms with van der Waals surface area (Å²) in [5.74, 6) is 1.39. The molecular formula is C24H27NO3. The van der Waals surface area contributed by atoms with Crippen LogP contribution in [0.5, 0.6) is 11.5 Å². The first-order valence-corrected chi connectivity index (χ1v) is 9.39. The second kappa shape index (κ2) is 9.40. The molecule has 0 saturated heterocycles. The number of benzene rings is 3. The SMILES string of the molecule is COc1ccc(C(N[C@H](C)c2ccccc2)c2cccc(CO)c2)cc1OC. The second-order valence-electron chi connectivity index (χ2n) is 6.75. The molecule has 28 heavy (non-hydrogen) atoms. The van der Waals surface area contributed by atoms with Crippen LogP contribution in [0.4, 0.5) is 0 Å². The van der Waals surface area contributed by atoms with Gasteiger partial charge in [0.1, 0.15) is 0 Å². The molecule has 0 aromatic heterocycles. The zero-order valence-electron chi connectivity index (χ0n) is 16.6. The van der Waals surface area contributed by atoms with Crippen molar-refractivity contribution < 1.29 is 14.6 Å². The molecule has 4 heteroatoms. The minimum atomic E-state index is -0.0680. The monoisotopic (exact) mass is 377 g/mol. The van der Waals surface area contributed by atoms with E-state index in [0.29, 0.717) is 11.5 Å². The lowest BCUT2D eigenvalue weighted by Crippen LogP contribution is -2.26. The third-order valence-electron chi connectivity index (χ3n) is 4.92. The highest BCUT2D eigenvalue weighted by atomic mass is 16.5. The first-order chi connectivity index (χ1) is 13.7. The van der Waals surface area contributed by atoms with Gasteiger partial charge < -0.3 is 14.6 Å². The summed E-state index contributed by atoms with van der Waals surface area (Å²) < 4.78 is 10.9. The maximum atomic E-state index is 9.57. The van der Waals surface area contributed by atoms with Gasteiger partial charge in [-0.2, -0.15) is 0 Å². The Morgan fingerprint density at radius 3 is 2.14 bits per heavy atom. The van der Waals surface area contributed by atoms with Crippen LogP contribution in [-0.2, 0) is 6.61 Å². The fourth-order valence-corrected chi connectivity index (χ4v) is 3.38. The molecule has 3 aromatic rings. The Bertz CT molecular complexity index is 895. The van der Waals surface area contributed by atoms with E-state index < -0.39 is 0 Å². The van der Waals surface area contributed by atoms with Gasteiger partial charge in [0, 0.05) is 6.04 Å². The highest BCUT2D eigenvalue weighted by Crippen LogP contribution is 2.33. The fraction of sp³-hybridized carbons (Fsp3) is 0.250. The molecule has 0 bridgehead atoms. The van der Waals surface area contributed by atoms with Gasteiger partial charge in [0.15, 0.2) is 11.5 Å². The Balaban J connectivity index is 2.01. The lowest BCUT2D eigenvalue weighted by Gasteiger charge is -2.26. The Labute approximate surface area is 166 Å². The highest BCUT2D eigenvalue weighted by Gasteiger charge is 2.19. The zero-order chi connectivity index (χ0) is 19.9. The fourth-order valence-electron chi connectivity index (χ4n) is 3.38. The molecule has 1 unspecified atom stereocenters. The van der Waals surface area contributed by atoms with Crippen LogP contribution in [0.2, 0.25) is 0 Å². The topological polar surface area (TPSA) is 50.7 Å². The molecule has 2 N–H and O–H groups in total. The predicted molar refractivity (Wildman–Crippen MR) is 112 cm³/mol. The maximum absolute atomic E-state index is 9.57. The van der Waals surface area contributed by atoms with Crippen molar-refractivity contribution in [2.75, 3.05) is 14.2 Å². The summed E-state index contributed by atoms with van der Waals surface area (Å²) in [5.41, 5.74) is 4.25. The number of hydrogen-bond acceptors (Lipinski definition) is 4. The molecule has 0 fully saturated rings. The average molecular weight is 377 g/mol. The van der Waals surface area contributed by atoms with Gasteiger partial charge in [-0.15, -0.1) is 0 Å². The number of aliphatic hydroxyl groups excluding tert-OH is 1. The summed E-state index contributed by atoms with van der Waals surface area (Å²) in [5, 5.41) is 13.3. The first-order valence-electron chi connectivity index (χ1n) is 9.39. The molecule has 2 atom stereocenters. The van der Waals surface area contributed by atoms with Crippen molar-refractivity contribution in [3.05, 3.63) is 95.1 Å². The van der Waals surface area contributed by atoms with Gasteiger partial charge in [-0.3, -0.25) is 5.32 Å². The maximum Gasteiger partial charge on any atom is 0.161 e. The van der Waals surface area contributed by atoms with E-state index in [-0.39, 0.29) is 18.7 Å². The summed E-state index contributed by atoms with van der Waals surface area (Å²) in [7, 11) is 3.28. The number of hydrogen-bond donors (Lipinski definition) is 2. The molecule has 3 aromatic carbocycles. The van der Waals surface area contributed by atoms with E-state index in [1.807, 2.05) is 54.6 Å². The van der Waals surface area contributed by atoms with Crippen LogP contribution in [0.15, 0.2) is 72.8 Å². The largest absolute Gasteiger partial charge is 0.493 e. The molecule has 0 aliphatic carbocycles. The molecule has 146 valence electrons. The van der Waals surface area contributed by atoms with Gasteiger partial charge in [-0.05, 0) is 41.3 Å². The normalized spacial score (nSPS) is 13.0. The van der Waals surface area contributed by atoms with E-state index in [1.54, 1.807) is 14.2 Å². The molecule has 0 spiro atoms. The van der Waals surface area contributed by atoms with E-state index in [2.05, 4.69) is 30.4 Å². The van der Waals surface area contributed by atoms with Gasteiger partial charge in [0.2, 0.25) is 0 Å². The molecule has 0 radical (unpaired) electrons. The van der Waals surface area contributed by atoms with E-state index in [1.165, 1.54) is 5.56 Å². The van der Waals surface area contributed by atoms with Crippen LogP contribution < -0.4 is 14.8 Å². The zero-order valence-corrected chi connectivity index (χ0v) is 16.6. The Kier molecular flexibility index (Phi) is 6.69. The lowest BCUT2D eigenvalue weighted by atomic mass is 9.95. The summed E-state index contributed by atoms with van der Waals surface area (Å²) >= 11 is 0.